The lowest BCUT2D eigenvalue weighted by atomic mass is 10.1. The molecule has 0 spiro atoms. The van der Waals surface area contributed by atoms with Crippen LogP contribution >= 0.6 is 11.6 Å². The summed E-state index contributed by atoms with van der Waals surface area (Å²) in [6, 6.07) is 7.19. The third kappa shape index (κ3) is 3.67. The highest BCUT2D eigenvalue weighted by Crippen LogP contribution is 2.27. The molecule has 0 saturated carbocycles. The Bertz CT molecular complexity index is 590. The number of amides is 2. The number of nitrogens with zero attached hydrogens (tertiary/aromatic N) is 3. The first-order valence-electron chi connectivity index (χ1n) is 8.08. The minimum atomic E-state index is -0.235. The van der Waals surface area contributed by atoms with Crippen LogP contribution in [0.4, 0.5) is 5.69 Å². The Kier molecular flexibility index (Phi) is 4.87. The quantitative estimate of drug-likeness (QED) is 0.828. The fourth-order valence-electron chi connectivity index (χ4n) is 3.27. The van der Waals surface area contributed by atoms with E-state index in [1.165, 1.54) is 0 Å². The van der Waals surface area contributed by atoms with Gasteiger partial charge in [-0.05, 0) is 44.3 Å². The van der Waals surface area contributed by atoms with E-state index in [0.717, 1.165) is 38.3 Å². The van der Waals surface area contributed by atoms with Crippen molar-refractivity contribution < 1.29 is 9.59 Å². The monoisotopic (exact) mass is 335 g/mol. The number of likely N-dealkylation sites (N-methyl/N-ethyl adjacent to an activating group) is 1. The molecule has 0 bridgehead atoms. The smallest absolute Gasteiger partial charge is 0.228 e. The number of halogens is 1. The molecule has 2 heterocycles. The predicted molar refractivity (Wildman–Crippen MR) is 90.6 cm³/mol. The fourth-order valence-corrected chi connectivity index (χ4v) is 3.39. The third-order valence-corrected chi connectivity index (χ3v) is 4.90. The first-order chi connectivity index (χ1) is 11.0. The molecule has 124 valence electrons. The molecule has 0 aromatic heterocycles. The average Bonchev–Trinajstić information content (AvgIpc) is 2.79. The van der Waals surface area contributed by atoms with Gasteiger partial charge >= 0.3 is 0 Å². The molecule has 2 amide bonds. The summed E-state index contributed by atoms with van der Waals surface area (Å²) >= 11 is 5.89. The topological polar surface area (TPSA) is 43.9 Å². The van der Waals surface area contributed by atoms with Crippen molar-refractivity contribution in [2.24, 2.45) is 5.92 Å². The van der Waals surface area contributed by atoms with Gasteiger partial charge in [0.2, 0.25) is 11.8 Å². The normalized spacial score (nSPS) is 23.2. The van der Waals surface area contributed by atoms with Gasteiger partial charge in [-0.15, -0.1) is 0 Å². The second-order valence-corrected chi connectivity index (χ2v) is 6.80. The van der Waals surface area contributed by atoms with Gasteiger partial charge < -0.3 is 14.7 Å². The van der Waals surface area contributed by atoms with Crippen molar-refractivity contribution in [3.63, 3.8) is 0 Å². The Labute approximate surface area is 141 Å². The molecule has 2 fully saturated rings. The van der Waals surface area contributed by atoms with Gasteiger partial charge in [0, 0.05) is 43.3 Å². The number of anilines is 1. The van der Waals surface area contributed by atoms with Gasteiger partial charge in [-0.3, -0.25) is 9.59 Å². The van der Waals surface area contributed by atoms with Gasteiger partial charge in [0.05, 0.1) is 5.92 Å². The van der Waals surface area contributed by atoms with Crippen LogP contribution in [0.1, 0.15) is 12.8 Å². The third-order valence-electron chi connectivity index (χ3n) is 4.64. The van der Waals surface area contributed by atoms with Crippen molar-refractivity contribution in [1.82, 2.24) is 9.80 Å². The van der Waals surface area contributed by atoms with Crippen molar-refractivity contribution in [1.29, 1.82) is 0 Å². The van der Waals surface area contributed by atoms with Crippen molar-refractivity contribution in [2.75, 3.05) is 44.7 Å². The number of rotatable bonds is 2. The van der Waals surface area contributed by atoms with E-state index in [-0.39, 0.29) is 17.7 Å². The van der Waals surface area contributed by atoms with Gasteiger partial charge in [-0.2, -0.15) is 0 Å². The molecule has 2 aliphatic heterocycles. The van der Waals surface area contributed by atoms with E-state index in [1.807, 2.05) is 17.0 Å². The molecular formula is C17H22ClN3O2. The van der Waals surface area contributed by atoms with Gasteiger partial charge in [0.25, 0.3) is 0 Å². The lowest BCUT2D eigenvalue weighted by molar-refractivity contribution is -0.135. The van der Waals surface area contributed by atoms with Crippen LogP contribution in [-0.2, 0) is 9.59 Å². The van der Waals surface area contributed by atoms with Crippen molar-refractivity contribution in [2.45, 2.75) is 12.8 Å². The van der Waals surface area contributed by atoms with Crippen LogP contribution in [-0.4, -0.2) is 61.4 Å². The standard InChI is InChI=1S/C17H22ClN3O2/c1-19-7-2-8-20(10-9-19)17(23)13-11-16(22)21(12-13)15-5-3-14(18)4-6-15/h3-6,13H,2,7-12H2,1H3. The molecule has 1 aromatic carbocycles. The summed E-state index contributed by atoms with van der Waals surface area (Å²) in [6.07, 6.45) is 1.29. The SMILES string of the molecule is CN1CCCN(C(=O)C2CC(=O)N(c3ccc(Cl)cc3)C2)CC1. The predicted octanol–water partition coefficient (Wildman–Crippen LogP) is 1.86. The summed E-state index contributed by atoms with van der Waals surface area (Å²) in [5.74, 6) is -0.107. The second-order valence-electron chi connectivity index (χ2n) is 6.36. The van der Waals surface area contributed by atoms with E-state index in [2.05, 4.69) is 11.9 Å². The Morgan fingerprint density at radius 2 is 1.87 bits per heavy atom. The number of hydrogen-bond donors (Lipinski definition) is 0. The van der Waals surface area contributed by atoms with E-state index in [0.29, 0.717) is 18.0 Å². The molecule has 0 N–H and O–H groups in total. The molecule has 2 aliphatic rings. The van der Waals surface area contributed by atoms with Crippen LogP contribution in [0.5, 0.6) is 0 Å². The second kappa shape index (κ2) is 6.89. The molecule has 5 nitrogen and oxygen atoms in total. The van der Waals surface area contributed by atoms with Crippen LogP contribution < -0.4 is 4.90 Å². The molecule has 23 heavy (non-hydrogen) atoms. The highest BCUT2D eigenvalue weighted by Gasteiger charge is 2.37. The molecule has 1 aromatic rings. The summed E-state index contributed by atoms with van der Waals surface area (Å²) in [7, 11) is 2.08. The molecule has 0 radical (unpaired) electrons. The zero-order chi connectivity index (χ0) is 16.4. The summed E-state index contributed by atoms with van der Waals surface area (Å²) < 4.78 is 0. The molecule has 1 atom stereocenters. The summed E-state index contributed by atoms with van der Waals surface area (Å²) in [6.45, 7) is 3.92. The van der Waals surface area contributed by atoms with Gasteiger partial charge in [-0.25, -0.2) is 0 Å². The van der Waals surface area contributed by atoms with Gasteiger partial charge in [-0.1, -0.05) is 11.6 Å². The van der Waals surface area contributed by atoms with E-state index < -0.39 is 0 Å². The van der Waals surface area contributed by atoms with Crippen molar-refractivity contribution in [3.8, 4) is 0 Å². The Balaban J connectivity index is 1.66. The maximum atomic E-state index is 12.7. The number of carbonyl (C=O) groups excluding carboxylic acids is 2. The lowest BCUT2D eigenvalue weighted by Crippen LogP contribution is -2.39. The maximum absolute atomic E-state index is 12.7. The Morgan fingerprint density at radius 1 is 1.13 bits per heavy atom. The fraction of sp³-hybridized carbons (Fsp3) is 0.529. The number of benzene rings is 1. The number of hydrogen-bond acceptors (Lipinski definition) is 3. The summed E-state index contributed by atoms with van der Waals surface area (Å²) in [5, 5.41) is 0.640. The van der Waals surface area contributed by atoms with Crippen LogP contribution in [0.2, 0.25) is 5.02 Å². The Morgan fingerprint density at radius 3 is 2.61 bits per heavy atom. The Hall–Kier alpha value is -1.59. The van der Waals surface area contributed by atoms with E-state index in [1.54, 1.807) is 17.0 Å². The first kappa shape index (κ1) is 16.3. The molecule has 6 heteroatoms. The summed E-state index contributed by atoms with van der Waals surface area (Å²) in [5.41, 5.74) is 0.810. The van der Waals surface area contributed by atoms with E-state index in [9.17, 15) is 9.59 Å². The van der Waals surface area contributed by atoms with Gasteiger partial charge in [0.15, 0.2) is 0 Å². The largest absolute Gasteiger partial charge is 0.341 e. The highest BCUT2D eigenvalue weighted by molar-refractivity contribution is 6.30. The summed E-state index contributed by atoms with van der Waals surface area (Å²) in [4.78, 5) is 30.9. The van der Waals surface area contributed by atoms with Gasteiger partial charge in [0.1, 0.15) is 0 Å². The van der Waals surface area contributed by atoms with Crippen LogP contribution in [0, 0.1) is 5.92 Å². The maximum Gasteiger partial charge on any atom is 0.228 e. The molecule has 2 saturated heterocycles. The molecule has 0 aliphatic carbocycles. The van der Waals surface area contributed by atoms with Crippen molar-refractivity contribution in [3.05, 3.63) is 29.3 Å². The highest BCUT2D eigenvalue weighted by atomic mass is 35.5. The van der Waals surface area contributed by atoms with Crippen molar-refractivity contribution >= 4 is 29.1 Å². The molecule has 3 rings (SSSR count). The lowest BCUT2D eigenvalue weighted by Gasteiger charge is -2.24. The van der Waals surface area contributed by atoms with Crippen LogP contribution in [0.15, 0.2) is 24.3 Å². The first-order valence-corrected chi connectivity index (χ1v) is 8.45. The van der Waals surface area contributed by atoms with E-state index in [4.69, 9.17) is 11.6 Å². The zero-order valence-corrected chi connectivity index (χ0v) is 14.1. The minimum Gasteiger partial charge on any atom is -0.341 e. The van der Waals surface area contributed by atoms with E-state index >= 15 is 0 Å². The average molecular weight is 336 g/mol. The zero-order valence-electron chi connectivity index (χ0n) is 13.4. The van der Waals surface area contributed by atoms with Crippen LogP contribution in [0.25, 0.3) is 0 Å². The number of carbonyl (C=O) groups is 2. The molecular weight excluding hydrogens is 314 g/mol. The molecule has 1 unspecified atom stereocenters. The van der Waals surface area contributed by atoms with Crippen LogP contribution in [0.3, 0.4) is 0 Å². The minimum absolute atomic E-state index is 0.0117.